The summed E-state index contributed by atoms with van der Waals surface area (Å²) in [7, 11) is 1.54. The van der Waals surface area contributed by atoms with E-state index in [9.17, 15) is 5.11 Å². The Morgan fingerprint density at radius 3 is 1.64 bits per heavy atom. The first kappa shape index (κ1) is 41.4. The molecule has 0 unspecified atom stereocenters. The van der Waals surface area contributed by atoms with Gasteiger partial charge in [-0.2, -0.15) is 20.5 Å². The van der Waals surface area contributed by atoms with Crippen LogP contribution in [0.5, 0.6) is 11.5 Å². The number of nitrogens with zero attached hydrogens (tertiary/aromatic N) is 4. The predicted molar refractivity (Wildman–Crippen MR) is 223 cm³/mol. The van der Waals surface area contributed by atoms with Crippen LogP contribution in [0.3, 0.4) is 0 Å². The first-order chi connectivity index (χ1) is 27.5. The van der Waals surface area contributed by atoms with E-state index >= 15 is 0 Å². The van der Waals surface area contributed by atoms with Gasteiger partial charge >= 0.3 is 0 Å². The normalized spacial score (nSPS) is 11.8. The molecule has 0 bridgehead atoms. The molecule has 10 nitrogen and oxygen atoms in total. The molecule has 0 heterocycles. The van der Waals surface area contributed by atoms with E-state index in [2.05, 4.69) is 27.4 Å². The zero-order chi connectivity index (χ0) is 39.2. The summed E-state index contributed by atoms with van der Waals surface area (Å²) in [4.78, 5) is 0. The number of methoxy groups -OCH3 is 1. The average molecular weight is 755 g/mol. The van der Waals surface area contributed by atoms with E-state index in [0.29, 0.717) is 5.75 Å². The van der Waals surface area contributed by atoms with E-state index in [-0.39, 0.29) is 27.0 Å². The number of ether oxygens (including phenoxy) is 5. The van der Waals surface area contributed by atoms with Crippen molar-refractivity contribution in [1.29, 1.82) is 0 Å². The number of hydrogen-bond donors (Lipinski definition) is 1. The number of aliphatic hydroxyl groups excluding tert-OH is 1. The van der Waals surface area contributed by atoms with E-state index in [1.807, 2.05) is 140 Å². The molecule has 5 aromatic carbocycles. The Morgan fingerprint density at radius 2 is 1.09 bits per heavy atom. The van der Waals surface area contributed by atoms with Crippen LogP contribution in [0.1, 0.15) is 66.0 Å². The van der Waals surface area contributed by atoms with Crippen LogP contribution >= 0.6 is 0 Å². The maximum Gasteiger partial charge on any atom is 0.191 e. The van der Waals surface area contributed by atoms with Gasteiger partial charge in [0, 0.05) is 12.7 Å². The molecule has 0 aliphatic heterocycles. The van der Waals surface area contributed by atoms with Gasteiger partial charge in [0.15, 0.2) is 13.6 Å². The number of benzene rings is 5. The SMILES string of the molecule is CCCCCCOc1ccc(/N=N/c2ccc(/C=C/c3cc(CO)c(/C=C/c4ccc(/N=N/c5ccc(C)cc5)cc4)cc3OCOCOCOC)cc2)cc1. The molecule has 0 saturated carbocycles. The molecule has 0 spiro atoms. The van der Waals surface area contributed by atoms with Gasteiger partial charge in [0.05, 0.1) is 36.0 Å². The van der Waals surface area contributed by atoms with Crippen molar-refractivity contribution in [3.05, 3.63) is 143 Å². The minimum Gasteiger partial charge on any atom is -0.494 e. The maximum atomic E-state index is 10.4. The zero-order valence-electron chi connectivity index (χ0n) is 32.3. The second-order valence-electron chi connectivity index (χ2n) is 12.9. The van der Waals surface area contributed by atoms with E-state index in [1.165, 1.54) is 24.8 Å². The van der Waals surface area contributed by atoms with Gasteiger partial charge in [-0.15, -0.1) is 0 Å². The number of aliphatic hydroxyl groups is 1. The third-order valence-electron chi connectivity index (χ3n) is 8.50. The topological polar surface area (TPSA) is 116 Å². The molecule has 5 aromatic rings. The monoisotopic (exact) mass is 754 g/mol. The van der Waals surface area contributed by atoms with Crippen molar-refractivity contribution in [2.75, 3.05) is 34.1 Å². The van der Waals surface area contributed by atoms with Crippen molar-refractivity contribution < 1.29 is 28.8 Å². The van der Waals surface area contributed by atoms with Crippen LogP contribution in [0.2, 0.25) is 0 Å². The number of hydrogen-bond acceptors (Lipinski definition) is 10. The van der Waals surface area contributed by atoms with Crippen molar-refractivity contribution in [2.24, 2.45) is 20.5 Å². The predicted octanol–water partition coefficient (Wildman–Crippen LogP) is 12.5. The fraction of sp³-hybridized carbons (Fsp3) is 0.261. The summed E-state index contributed by atoms with van der Waals surface area (Å²) in [5.74, 6) is 1.42. The van der Waals surface area contributed by atoms with Gasteiger partial charge in [-0.05, 0) is 108 Å². The average Bonchev–Trinajstić information content (AvgIpc) is 3.23. The Hall–Kier alpha value is -5.78. The fourth-order valence-corrected chi connectivity index (χ4v) is 5.37. The number of rotatable bonds is 22. The molecule has 0 amide bonds. The van der Waals surface area contributed by atoms with Crippen LogP contribution in [-0.4, -0.2) is 39.2 Å². The Bertz CT molecular complexity index is 2030. The summed E-state index contributed by atoms with van der Waals surface area (Å²) >= 11 is 0. The van der Waals surface area contributed by atoms with Crippen molar-refractivity contribution >= 4 is 47.1 Å². The molecule has 0 aliphatic rings. The van der Waals surface area contributed by atoms with E-state index < -0.39 is 0 Å². The lowest BCUT2D eigenvalue weighted by atomic mass is 10.0. The summed E-state index contributed by atoms with van der Waals surface area (Å²) < 4.78 is 27.5. The maximum absolute atomic E-state index is 10.4. The van der Waals surface area contributed by atoms with Gasteiger partial charge in [0.1, 0.15) is 18.3 Å². The number of aryl methyl sites for hydroxylation is 1. The molecule has 1 N–H and O–H groups in total. The third kappa shape index (κ3) is 14.1. The lowest BCUT2D eigenvalue weighted by Crippen LogP contribution is -2.09. The molecule has 0 aliphatic carbocycles. The molecule has 0 atom stereocenters. The van der Waals surface area contributed by atoms with Crippen LogP contribution in [0, 0.1) is 6.92 Å². The van der Waals surface area contributed by atoms with Crippen molar-refractivity contribution in [1.82, 2.24) is 0 Å². The Morgan fingerprint density at radius 1 is 0.554 bits per heavy atom. The van der Waals surface area contributed by atoms with Crippen molar-refractivity contribution in [3.63, 3.8) is 0 Å². The lowest BCUT2D eigenvalue weighted by Gasteiger charge is -2.14. The second-order valence-corrected chi connectivity index (χ2v) is 12.9. The third-order valence-corrected chi connectivity index (χ3v) is 8.50. The molecule has 0 radical (unpaired) electrons. The summed E-state index contributed by atoms with van der Waals surface area (Å²) in [6.07, 6.45) is 12.5. The first-order valence-corrected chi connectivity index (χ1v) is 18.8. The molecule has 290 valence electrons. The van der Waals surface area contributed by atoms with E-state index in [4.69, 9.17) is 23.7 Å². The van der Waals surface area contributed by atoms with Crippen LogP contribution < -0.4 is 9.47 Å². The quantitative estimate of drug-likeness (QED) is 0.0325. The molecule has 0 aromatic heterocycles. The summed E-state index contributed by atoms with van der Waals surface area (Å²) in [6.45, 7) is 4.90. The Labute approximate surface area is 329 Å². The van der Waals surface area contributed by atoms with Gasteiger partial charge in [0.2, 0.25) is 0 Å². The minimum absolute atomic E-state index is 0.0175. The second kappa shape index (κ2) is 23.2. The lowest BCUT2D eigenvalue weighted by molar-refractivity contribution is -0.145. The number of unbranched alkanes of at least 4 members (excludes halogenated alkanes) is 3. The van der Waals surface area contributed by atoms with Gasteiger partial charge in [-0.3, -0.25) is 0 Å². The smallest absolute Gasteiger partial charge is 0.191 e. The molecule has 5 rings (SSSR count). The Kier molecular flexibility index (Phi) is 17.2. The molecule has 56 heavy (non-hydrogen) atoms. The van der Waals surface area contributed by atoms with Crippen molar-refractivity contribution in [2.45, 2.75) is 46.1 Å². The van der Waals surface area contributed by atoms with Crippen LogP contribution in [0.15, 0.2) is 130 Å². The highest BCUT2D eigenvalue weighted by atomic mass is 16.8. The Balaban J connectivity index is 1.25. The van der Waals surface area contributed by atoms with Gasteiger partial charge in [-0.1, -0.05) is 92.5 Å². The van der Waals surface area contributed by atoms with Crippen LogP contribution in [-0.2, 0) is 20.8 Å². The van der Waals surface area contributed by atoms with Gasteiger partial charge in [0.25, 0.3) is 0 Å². The summed E-state index contributed by atoms with van der Waals surface area (Å²) in [5.41, 5.74) is 8.44. The molecule has 0 fully saturated rings. The first-order valence-electron chi connectivity index (χ1n) is 18.8. The van der Waals surface area contributed by atoms with Crippen LogP contribution in [0.4, 0.5) is 22.7 Å². The highest BCUT2D eigenvalue weighted by Crippen LogP contribution is 2.29. The highest BCUT2D eigenvalue weighted by Gasteiger charge is 2.09. The zero-order valence-corrected chi connectivity index (χ0v) is 32.3. The molecular weight excluding hydrogens is 705 g/mol. The van der Waals surface area contributed by atoms with Crippen molar-refractivity contribution in [3.8, 4) is 11.5 Å². The van der Waals surface area contributed by atoms with E-state index in [0.717, 1.165) is 69.3 Å². The minimum atomic E-state index is -0.158. The van der Waals surface area contributed by atoms with Crippen LogP contribution in [0.25, 0.3) is 24.3 Å². The largest absolute Gasteiger partial charge is 0.494 e. The summed E-state index contributed by atoms with van der Waals surface area (Å²) in [5, 5.41) is 27.8. The molecule has 10 heteroatoms. The highest BCUT2D eigenvalue weighted by molar-refractivity contribution is 5.78. The standard InChI is InChI=1S/C46H50N4O6/c1-4-5-6-7-28-55-45-26-24-44(25-27-45)50-49-43-22-14-37(15-23-43)11-17-39-29-40(31-51)38(30-46(39)56-34-54-33-53-32-52-3)16-10-36-12-20-42(21-13-36)48-47-41-18-8-35(2)9-19-41/h8-27,29-30,51H,4-7,28,31-34H2,1-3H3/b16-10+,17-11+,48-47+,50-49+. The summed E-state index contributed by atoms with van der Waals surface area (Å²) in [6, 6.07) is 34.9. The van der Waals surface area contributed by atoms with Gasteiger partial charge in [-0.25, -0.2) is 0 Å². The number of azo groups is 2. The van der Waals surface area contributed by atoms with E-state index in [1.54, 1.807) is 7.11 Å². The van der Waals surface area contributed by atoms with Gasteiger partial charge < -0.3 is 28.8 Å². The fourth-order valence-electron chi connectivity index (χ4n) is 5.37. The molecular formula is C46H50N4O6. The molecule has 0 saturated heterocycles.